The Morgan fingerprint density at radius 1 is 1.24 bits per heavy atom. The van der Waals surface area contributed by atoms with Crippen LogP contribution in [0, 0.1) is 28.6 Å². The number of hydrogen-bond acceptors (Lipinski definition) is 3. The van der Waals surface area contributed by atoms with Crippen molar-refractivity contribution in [1.82, 2.24) is 4.90 Å². The minimum Gasteiger partial charge on any atom is -0.384 e. The molecule has 0 amide bonds. The maximum atomic E-state index is 8.88. The Morgan fingerprint density at radius 3 is 2.48 bits per heavy atom. The molecule has 2 rings (SSSR count). The van der Waals surface area contributed by atoms with E-state index in [0.29, 0.717) is 6.42 Å². The molecule has 1 aliphatic rings. The highest BCUT2D eigenvalue weighted by atomic mass is 16.2. The van der Waals surface area contributed by atoms with Gasteiger partial charge in [-0.15, -0.1) is 0 Å². The first-order valence-corrected chi connectivity index (χ1v) is 7.43. The van der Waals surface area contributed by atoms with Gasteiger partial charge in [0, 0.05) is 18.5 Å². The SMILES string of the molecule is CC1(CC#N)CCN(Cc2ccc(C#CCO)cc2)CC1. The van der Waals surface area contributed by atoms with Crippen LogP contribution >= 0.6 is 0 Å². The number of benzene rings is 1. The predicted octanol–water partition coefficient (Wildman–Crippen LogP) is 2.55. The summed E-state index contributed by atoms with van der Waals surface area (Å²) in [5.41, 5.74) is 2.43. The monoisotopic (exact) mass is 282 g/mol. The lowest BCUT2D eigenvalue weighted by Gasteiger charge is -2.38. The fraction of sp³-hybridized carbons (Fsp3) is 0.500. The van der Waals surface area contributed by atoms with Crippen LogP contribution < -0.4 is 0 Å². The molecular weight excluding hydrogens is 260 g/mol. The molecule has 1 saturated heterocycles. The maximum absolute atomic E-state index is 8.88. The van der Waals surface area contributed by atoms with E-state index in [4.69, 9.17) is 10.4 Å². The summed E-state index contributed by atoms with van der Waals surface area (Å²) in [5, 5.41) is 17.6. The van der Waals surface area contributed by atoms with E-state index in [1.165, 1.54) is 5.56 Å². The first-order valence-electron chi connectivity index (χ1n) is 7.43. The molecule has 0 atom stereocenters. The number of rotatable bonds is 3. The quantitative estimate of drug-likeness (QED) is 0.867. The van der Waals surface area contributed by atoms with Crippen molar-refractivity contribution in [2.24, 2.45) is 5.41 Å². The number of aliphatic hydroxyl groups excluding tert-OH is 1. The van der Waals surface area contributed by atoms with Gasteiger partial charge in [-0.05, 0) is 49.0 Å². The van der Waals surface area contributed by atoms with E-state index in [2.05, 4.69) is 41.9 Å². The van der Waals surface area contributed by atoms with Crippen LogP contribution in [-0.2, 0) is 6.54 Å². The Hall–Kier alpha value is -1.81. The third-order valence-electron chi connectivity index (χ3n) is 4.24. The van der Waals surface area contributed by atoms with Crippen molar-refractivity contribution in [3.63, 3.8) is 0 Å². The minimum absolute atomic E-state index is 0.100. The van der Waals surface area contributed by atoms with Crippen LogP contribution in [0.4, 0.5) is 0 Å². The molecule has 0 aliphatic carbocycles. The van der Waals surface area contributed by atoms with Crippen LogP contribution in [0.5, 0.6) is 0 Å². The van der Waals surface area contributed by atoms with Gasteiger partial charge < -0.3 is 5.11 Å². The lowest BCUT2D eigenvalue weighted by atomic mass is 9.78. The van der Waals surface area contributed by atoms with Gasteiger partial charge in [-0.1, -0.05) is 30.9 Å². The molecule has 1 N–H and O–H groups in total. The molecule has 1 fully saturated rings. The fourth-order valence-electron chi connectivity index (χ4n) is 2.71. The van der Waals surface area contributed by atoms with E-state index in [1.54, 1.807) is 0 Å². The molecule has 0 aromatic heterocycles. The average molecular weight is 282 g/mol. The third-order valence-corrected chi connectivity index (χ3v) is 4.24. The Balaban J connectivity index is 1.88. The zero-order valence-electron chi connectivity index (χ0n) is 12.6. The van der Waals surface area contributed by atoms with E-state index < -0.39 is 0 Å². The van der Waals surface area contributed by atoms with E-state index in [9.17, 15) is 0 Å². The second kappa shape index (κ2) is 7.27. The normalized spacial score (nSPS) is 17.6. The number of aliphatic hydroxyl groups is 1. The molecule has 0 spiro atoms. The standard InChI is InChI=1S/C18H22N2O/c1-18(8-11-19)9-12-20(13-10-18)15-17-6-4-16(5-7-17)3-2-14-21/h4-7,21H,8-10,12-15H2,1H3. The first-order chi connectivity index (χ1) is 10.1. The Bertz CT molecular complexity index is 552. The molecule has 21 heavy (non-hydrogen) atoms. The van der Waals surface area contributed by atoms with Crippen molar-refractivity contribution in [3.05, 3.63) is 35.4 Å². The first kappa shape index (κ1) is 15.6. The molecule has 3 nitrogen and oxygen atoms in total. The van der Waals surface area contributed by atoms with Crippen molar-refractivity contribution < 1.29 is 5.11 Å². The average Bonchev–Trinajstić information content (AvgIpc) is 2.49. The molecule has 110 valence electrons. The molecule has 0 bridgehead atoms. The topological polar surface area (TPSA) is 47.3 Å². The Morgan fingerprint density at radius 2 is 1.90 bits per heavy atom. The molecule has 1 heterocycles. The fourth-order valence-corrected chi connectivity index (χ4v) is 2.71. The second-order valence-corrected chi connectivity index (χ2v) is 6.08. The van der Waals surface area contributed by atoms with E-state index in [1.807, 2.05) is 12.1 Å². The highest BCUT2D eigenvalue weighted by molar-refractivity contribution is 5.36. The Labute approximate surface area is 127 Å². The summed E-state index contributed by atoms with van der Waals surface area (Å²) in [6.45, 7) is 5.20. The van der Waals surface area contributed by atoms with E-state index in [-0.39, 0.29) is 12.0 Å². The van der Waals surface area contributed by atoms with Crippen molar-refractivity contribution in [2.45, 2.75) is 32.7 Å². The van der Waals surface area contributed by atoms with Gasteiger partial charge in [0.25, 0.3) is 0 Å². The van der Waals surface area contributed by atoms with Gasteiger partial charge in [-0.3, -0.25) is 4.90 Å². The summed E-state index contributed by atoms with van der Waals surface area (Å²) < 4.78 is 0. The molecule has 0 saturated carbocycles. The highest BCUT2D eigenvalue weighted by Gasteiger charge is 2.29. The Kier molecular flexibility index (Phi) is 5.39. The highest BCUT2D eigenvalue weighted by Crippen LogP contribution is 2.34. The minimum atomic E-state index is -0.100. The smallest absolute Gasteiger partial charge is 0.104 e. The van der Waals surface area contributed by atoms with Gasteiger partial charge in [-0.25, -0.2) is 0 Å². The molecule has 1 aromatic rings. The lowest BCUT2D eigenvalue weighted by molar-refractivity contribution is 0.116. The largest absolute Gasteiger partial charge is 0.384 e. The van der Waals surface area contributed by atoms with Crippen LogP contribution in [0.15, 0.2) is 24.3 Å². The van der Waals surface area contributed by atoms with Crippen LogP contribution in [0.25, 0.3) is 0 Å². The van der Waals surface area contributed by atoms with Crippen LogP contribution in [0.2, 0.25) is 0 Å². The van der Waals surface area contributed by atoms with E-state index in [0.717, 1.165) is 38.0 Å². The van der Waals surface area contributed by atoms with Crippen molar-refractivity contribution in [2.75, 3.05) is 19.7 Å². The van der Waals surface area contributed by atoms with Gasteiger partial charge in [0.15, 0.2) is 0 Å². The maximum Gasteiger partial charge on any atom is 0.104 e. The molecule has 0 radical (unpaired) electrons. The van der Waals surface area contributed by atoms with Gasteiger partial charge in [-0.2, -0.15) is 5.26 Å². The van der Waals surface area contributed by atoms with Crippen LogP contribution in [-0.4, -0.2) is 29.7 Å². The predicted molar refractivity (Wildman–Crippen MR) is 83.3 cm³/mol. The van der Waals surface area contributed by atoms with Crippen LogP contribution in [0.1, 0.15) is 37.3 Å². The number of likely N-dealkylation sites (tertiary alicyclic amines) is 1. The third kappa shape index (κ3) is 4.60. The summed E-state index contributed by atoms with van der Waals surface area (Å²) >= 11 is 0. The van der Waals surface area contributed by atoms with Gasteiger partial charge in [0.05, 0.1) is 6.07 Å². The number of nitrogens with zero attached hydrogens (tertiary/aromatic N) is 2. The molecular formula is C18H22N2O. The molecule has 1 aliphatic heterocycles. The summed E-state index contributed by atoms with van der Waals surface area (Å²) in [4.78, 5) is 2.45. The van der Waals surface area contributed by atoms with Gasteiger partial charge in [0.1, 0.15) is 6.61 Å². The van der Waals surface area contributed by atoms with Crippen molar-refractivity contribution in [3.8, 4) is 17.9 Å². The van der Waals surface area contributed by atoms with Crippen molar-refractivity contribution >= 4 is 0 Å². The summed E-state index contributed by atoms with van der Waals surface area (Å²) in [5.74, 6) is 5.56. The van der Waals surface area contributed by atoms with Gasteiger partial charge >= 0.3 is 0 Å². The summed E-state index contributed by atoms with van der Waals surface area (Å²) in [7, 11) is 0. The molecule has 3 heteroatoms. The zero-order valence-corrected chi connectivity index (χ0v) is 12.6. The number of piperidine rings is 1. The zero-order chi connectivity index (χ0) is 15.1. The number of nitriles is 1. The van der Waals surface area contributed by atoms with Crippen LogP contribution in [0.3, 0.4) is 0 Å². The van der Waals surface area contributed by atoms with E-state index >= 15 is 0 Å². The number of hydrogen-bond donors (Lipinski definition) is 1. The molecule has 1 aromatic carbocycles. The lowest BCUT2D eigenvalue weighted by Crippen LogP contribution is -2.38. The molecule has 0 unspecified atom stereocenters. The summed E-state index contributed by atoms with van der Waals surface area (Å²) in [6, 6.07) is 10.5. The van der Waals surface area contributed by atoms with Gasteiger partial charge in [0.2, 0.25) is 0 Å². The second-order valence-electron chi connectivity index (χ2n) is 6.08. The van der Waals surface area contributed by atoms with Crippen molar-refractivity contribution in [1.29, 1.82) is 5.26 Å². The summed E-state index contributed by atoms with van der Waals surface area (Å²) in [6.07, 6.45) is 2.86.